The molecule has 1 fully saturated rings. The first-order chi connectivity index (χ1) is 28.5. The lowest BCUT2D eigenvalue weighted by atomic mass is 9.71. The van der Waals surface area contributed by atoms with Crippen LogP contribution in [0.5, 0.6) is 23.0 Å². The van der Waals surface area contributed by atoms with Crippen molar-refractivity contribution in [2.45, 2.75) is 36.1 Å². The number of rotatable bonds is 16. The van der Waals surface area contributed by atoms with Crippen molar-refractivity contribution >= 4 is 11.8 Å². The minimum Gasteiger partial charge on any atom is -0.497 e. The van der Waals surface area contributed by atoms with Crippen LogP contribution in [0.1, 0.15) is 58.3 Å². The van der Waals surface area contributed by atoms with Crippen LogP contribution in [0.3, 0.4) is 0 Å². The van der Waals surface area contributed by atoms with Crippen LogP contribution in [0.2, 0.25) is 0 Å². The number of hydrogen-bond acceptors (Lipinski definition) is 8. The largest absolute Gasteiger partial charge is 0.497 e. The summed E-state index contributed by atoms with van der Waals surface area (Å²) >= 11 is 0. The lowest BCUT2D eigenvalue weighted by molar-refractivity contribution is -0.163. The monoisotopic (exact) mass is 792 g/mol. The molecule has 7 rings (SSSR count). The Morgan fingerprint density at radius 3 is 1.00 bits per heavy atom. The van der Waals surface area contributed by atoms with E-state index in [9.17, 15) is 15.0 Å². The van der Waals surface area contributed by atoms with Crippen molar-refractivity contribution in [2.24, 2.45) is 11.1 Å². The number of nitrogens with two attached hydrogens (primary N) is 1. The second kappa shape index (κ2) is 16.7. The fourth-order valence-electron chi connectivity index (χ4n) is 8.14. The number of hydrogen-bond donors (Lipinski definition) is 3. The summed E-state index contributed by atoms with van der Waals surface area (Å²) in [4.78, 5) is 31.2. The molecule has 6 aromatic carbocycles. The summed E-state index contributed by atoms with van der Waals surface area (Å²) in [7, 11) is 6.22. The molecule has 0 saturated heterocycles. The zero-order valence-electron chi connectivity index (χ0n) is 33.4. The van der Waals surface area contributed by atoms with Gasteiger partial charge in [0.25, 0.3) is 0 Å². The molecule has 59 heavy (non-hydrogen) atoms. The van der Waals surface area contributed by atoms with Gasteiger partial charge < -0.3 is 39.8 Å². The highest BCUT2D eigenvalue weighted by atomic mass is 16.5. The molecule has 0 aromatic heterocycles. The van der Waals surface area contributed by atoms with E-state index < -0.39 is 40.5 Å². The first kappa shape index (κ1) is 40.6. The molecule has 0 bridgehead atoms. The first-order valence-electron chi connectivity index (χ1n) is 19.3. The van der Waals surface area contributed by atoms with Crippen molar-refractivity contribution in [3.63, 3.8) is 0 Å². The van der Waals surface area contributed by atoms with E-state index in [4.69, 9.17) is 24.7 Å². The van der Waals surface area contributed by atoms with E-state index in [1.54, 1.807) is 126 Å². The second-order valence-corrected chi connectivity index (χ2v) is 14.7. The van der Waals surface area contributed by atoms with Gasteiger partial charge in [-0.2, -0.15) is 0 Å². The molecule has 0 spiro atoms. The van der Waals surface area contributed by atoms with E-state index in [-0.39, 0.29) is 12.8 Å². The van der Waals surface area contributed by atoms with Crippen LogP contribution in [0.25, 0.3) is 0 Å². The Morgan fingerprint density at radius 2 is 0.780 bits per heavy atom. The number of carbonyl (C=O) groups excluding carboxylic acids is 2. The summed E-state index contributed by atoms with van der Waals surface area (Å²) in [5.41, 5.74) is 3.06. The molecular weight excluding hydrogens is 745 g/mol. The molecule has 0 radical (unpaired) electrons. The van der Waals surface area contributed by atoms with Gasteiger partial charge in [0.1, 0.15) is 39.6 Å². The van der Waals surface area contributed by atoms with Crippen LogP contribution in [0, 0.1) is 5.41 Å². The van der Waals surface area contributed by atoms with Crippen LogP contribution in [0.4, 0.5) is 0 Å². The van der Waals surface area contributed by atoms with Gasteiger partial charge in [0.2, 0.25) is 11.8 Å². The molecule has 0 unspecified atom stereocenters. The number of benzene rings is 6. The van der Waals surface area contributed by atoms with Crippen LogP contribution in [-0.2, 0) is 20.8 Å². The standard InChI is InChI=1S/C49H48N2O8/c1-56-39-23-15-35(16-24-39)48(54,36-17-25-40(57-2)26-18-36)43(33-11-7-5-8-12-33)51(46(53)47(31-32-47)45(50)52)44(34-13-9-6-10-14-34)49(55,37-19-27-41(58-3)28-20-37)38-21-29-42(59-4)30-22-38/h5-30,43-44,54-55H,31-32H2,1-4H3,(H2,50,52)/t43-,44-/m1/s1. The zero-order valence-corrected chi connectivity index (χ0v) is 33.4. The van der Waals surface area contributed by atoms with Gasteiger partial charge in [0.05, 0.1) is 40.5 Å². The SMILES string of the molecule is COc1ccc(C(O)(c2ccc(OC)cc2)[C@@H](c2ccccc2)N(C(=O)C2(C(N)=O)CC2)[C@H](c2ccccc2)C(O)(c2ccc(OC)cc2)c2ccc(OC)cc2)cc1. The maximum absolute atomic E-state index is 16.0. The van der Waals surface area contributed by atoms with E-state index in [0.717, 1.165) is 0 Å². The van der Waals surface area contributed by atoms with Gasteiger partial charge in [-0.15, -0.1) is 0 Å². The fourth-order valence-corrected chi connectivity index (χ4v) is 8.14. The minimum atomic E-state index is -2.07. The van der Waals surface area contributed by atoms with Gasteiger partial charge in [-0.25, -0.2) is 0 Å². The van der Waals surface area contributed by atoms with E-state index in [1.807, 2.05) is 60.7 Å². The third-order valence-electron chi connectivity index (χ3n) is 11.6. The van der Waals surface area contributed by atoms with Gasteiger partial charge >= 0.3 is 0 Å². The molecule has 1 aliphatic rings. The number of ether oxygens (including phenoxy) is 4. The van der Waals surface area contributed by atoms with Crippen molar-refractivity contribution in [2.75, 3.05) is 28.4 Å². The average molecular weight is 793 g/mol. The lowest BCUT2D eigenvalue weighted by Crippen LogP contribution is -2.57. The summed E-state index contributed by atoms with van der Waals surface area (Å²) in [6, 6.07) is 43.6. The Bertz CT molecular complexity index is 2100. The Balaban J connectivity index is 1.64. The van der Waals surface area contributed by atoms with Crippen molar-refractivity contribution < 1.29 is 38.7 Å². The number of amides is 2. The third-order valence-corrected chi connectivity index (χ3v) is 11.6. The molecule has 302 valence electrons. The molecule has 1 saturated carbocycles. The third kappa shape index (κ3) is 7.37. The molecule has 6 aromatic rings. The van der Waals surface area contributed by atoms with Crippen molar-refractivity contribution in [1.82, 2.24) is 4.90 Å². The van der Waals surface area contributed by atoms with Crippen molar-refractivity contribution in [3.8, 4) is 23.0 Å². The Labute approximate surface area is 344 Å². The fraction of sp³-hybridized carbons (Fsp3) is 0.224. The molecule has 2 amide bonds. The molecule has 4 N–H and O–H groups in total. The van der Waals surface area contributed by atoms with Crippen molar-refractivity contribution in [1.29, 1.82) is 0 Å². The Morgan fingerprint density at radius 1 is 0.508 bits per heavy atom. The maximum Gasteiger partial charge on any atom is 0.239 e. The van der Waals surface area contributed by atoms with Crippen LogP contribution >= 0.6 is 0 Å². The number of methoxy groups -OCH3 is 4. The maximum atomic E-state index is 16.0. The molecular formula is C49H48N2O8. The Kier molecular flexibility index (Phi) is 11.5. The zero-order chi connectivity index (χ0) is 41.8. The highest BCUT2D eigenvalue weighted by Crippen LogP contribution is 2.58. The highest BCUT2D eigenvalue weighted by molar-refractivity contribution is 6.07. The van der Waals surface area contributed by atoms with Crippen LogP contribution in [0.15, 0.2) is 158 Å². The summed E-state index contributed by atoms with van der Waals surface area (Å²) in [6.07, 6.45) is 0.376. The molecule has 0 aliphatic heterocycles. The van der Waals surface area contributed by atoms with Gasteiger partial charge in [-0.3, -0.25) is 9.59 Å². The van der Waals surface area contributed by atoms with Crippen molar-refractivity contribution in [3.05, 3.63) is 191 Å². The van der Waals surface area contributed by atoms with E-state index >= 15 is 4.79 Å². The molecule has 10 heteroatoms. The van der Waals surface area contributed by atoms with Gasteiger partial charge in [0.15, 0.2) is 0 Å². The van der Waals surface area contributed by atoms with E-state index in [2.05, 4.69) is 0 Å². The predicted octanol–water partition coefficient (Wildman–Crippen LogP) is 7.47. The van der Waals surface area contributed by atoms with E-state index in [0.29, 0.717) is 56.4 Å². The molecule has 2 atom stereocenters. The summed E-state index contributed by atoms with van der Waals surface area (Å²) < 4.78 is 22.1. The minimum absolute atomic E-state index is 0.188. The Hall–Kier alpha value is -6.62. The molecule has 10 nitrogen and oxygen atoms in total. The number of primary amides is 1. The average Bonchev–Trinajstić information content (AvgIpc) is 4.12. The van der Waals surface area contributed by atoms with Gasteiger partial charge in [0, 0.05) is 0 Å². The van der Waals surface area contributed by atoms with E-state index in [1.165, 1.54) is 4.90 Å². The smallest absolute Gasteiger partial charge is 0.239 e. The number of aliphatic hydroxyl groups is 2. The first-order valence-corrected chi connectivity index (χ1v) is 19.3. The summed E-state index contributed by atoms with van der Waals surface area (Å²) in [5, 5.41) is 28.1. The quantitative estimate of drug-likeness (QED) is 0.0859. The van der Waals surface area contributed by atoms with Gasteiger partial charge in [-0.05, 0) is 94.8 Å². The topological polar surface area (TPSA) is 141 Å². The number of carbonyl (C=O) groups is 2. The molecule has 0 heterocycles. The molecule has 1 aliphatic carbocycles. The van der Waals surface area contributed by atoms with Crippen LogP contribution < -0.4 is 24.7 Å². The normalized spacial score (nSPS) is 14.3. The van der Waals surface area contributed by atoms with Gasteiger partial charge in [-0.1, -0.05) is 109 Å². The number of nitrogens with zero attached hydrogens (tertiary/aromatic N) is 1. The lowest BCUT2D eigenvalue weighted by Gasteiger charge is -2.52. The van der Waals surface area contributed by atoms with Crippen LogP contribution in [-0.4, -0.2) is 55.4 Å². The highest BCUT2D eigenvalue weighted by Gasteiger charge is 2.63. The summed E-state index contributed by atoms with van der Waals surface area (Å²) in [5.74, 6) is 0.773. The summed E-state index contributed by atoms with van der Waals surface area (Å²) in [6.45, 7) is 0. The predicted molar refractivity (Wildman–Crippen MR) is 224 cm³/mol. The second-order valence-electron chi connectivity index (χ2n) is 14.7.